The lowest BCUT2D eigenvalue weighted by atomic mass is 9.92. The molecule has 270 valence electrons. The van der Waals surface area contributed by atoms with Crippen LogP contribution < -0.4 is 9.80 Å². The van der Waals surface area contributed by atoms with Crippen LogP contribution in [0.1, 0.15) is 0 Å². The molecule has 0 fully saturated rings. The molecule has 0 saturated carbocycles. The van der Waals surface area contributed by atoms with Gasteiger partial charge in [0, 0.05) is 23.9 Å². The average molecular weight is 735 g/mol. The highest BCUT2D eigenvalue weighted by Gasteiger charge is 2.27. The maximum atomic E-state index is 6.20. The van der Waals surface area contributed by atoms with Crippen LogP contribution in [-0.2, 0) is 0 Å². The molecule has 0 spiro atoms. The Morgan fingerprint density at radius 3 is 1.23 bits per heavy atom. The number of fused-ring (bicyclic) bond motifs is 4. The summed E-state index contributed by atoms with van der Waals surface area (Å²) in [6.45, 7) is 0. The molecule has 6 nitrogen and oxygen atoms in total. The molecule has 6 heteroatoms. The predicted molar refractivity (Wildman–Crippen MR) is 232 cm³/mol. The average Bonchev–Trinajstić information content (AvgIpc) is 3.92. The van der Waals surface area contributed by atoms with E-state index in [4.69, 9.17) is 18.8 Å². The van der Waals surface area contributed by atoms with Gasteiger partial charge >= 0.3 is 0 Å². The van der Waals surface area contributed by atoms with Crippen LogP contribution in [0.25, 0.3) is 78.5 Å². The fraction of sp³-hybridized carbons (Fsp3) is 0.0196. The molecule has 0 atom stereocenters. The number of oxazole rings is 2. The number of hydrogen-bond donors (Lipinski definition) is 0. The van der Waals surface area contributed by atoms with Crippen molar-refractivity contribution in [2.45, 2.75) is 0 Å². The number of aromatic nitrogens is 2. The molecule has 0 aliphatic carbocycles. The number of para-hydroxylation sites is 8. The molecule has 2 aromatic heterocycles. The first-order valence-electron chi connectivity index (χ1n) is 19.0. The molecule has 0 N–H and O–H groups in total. The summed E-state index contributed by atoms with van der Waals surface area (Å²) < 4.78 is 12.4. The molecule has 0 bridgehead atoms. The first-order valence-corrected chi connectivity index (χ1v) is 19.0. The van der Waals surface area contributed by atoms with Crippen LogP contribution in [0.2, 0.25) is 0 Å². The van der Waals surface area contributed by atoms with E-state index < -0.39 is 0 Å². The standard InChI is InChI=1S/C51H34N4O2/c1-54-44-21-4-6-23-46(44)55(47-24-7-5-22-45(47)54)41-18-12-15-35(32-41)40-30-38(33-13-10-16-36(27-33)50-52-42-19-2-8-25-48(42)56-50)29-39(31-40)34-14-11-17-37(28-34)51-53-43-20-3-9-26-49(43)57-51/h2-32H,1H3. The number of nitrogens with zero attached hydrogens (tertiary/aromatic N) is 4. The Balaban J connectivity index is 1.06. The van der Waals surface area contributed by atoms with Crippen LogP contribution in [-0.4, -0.2) is 17.0 Å². The third-order valence-electron chi connectivity index (χ3n) is 10.8. The topological polar surface area (TPSA) is 58.5 Å². The normalized spacial score (nSPS) is 12.2. The van der Waals surface area contributed by atoms with Crippen LogP contribution in [0.4, 0.5) is 28.4 Å². The van der Waals surface area contributed by atoms with Crippen LogP contribution in [0.15, 0.2) is 197 Å². The minimum absolute atomic E-state index is 0.598. The quantitative estimate of drug-likeness (QED) is 0.170. The van der Waals surface area contributed by atoms with Gasteiger partial charge in [0.05, 0.1) is 22.7 Å². The second-order valence-electron chi connectivity index (χ2n) is 14.4. The number of hydrogen-bond acceptors (Lipinski definition) is 6. The van der Waals surface area contributed by atoms with Gasteiger partial charge in [-0.1, -0.05) is 84.9 Å². The number of anilines is 5. The van der Waals surface area contributed by atoms with Gasteiger partial charge in [-0.15, -0.1) is 0 Å². The van der Waals surface area contributed by atoms with E-state index in [1.54, 1.807) is 0 Å². The zero-order valence-corrected chi connectivity index (χ0v) is 31.0. The third-order valence-corrected chi connectivity index (χ3v) is 10.8. The van der Waals surface area contributed by atoms with E-state index in [2.05, 4.69) is 156 Å². The first-order chi connectivity index (χ1) is 28.1. The van der Waals surface area contributed by atoms with E-state index in [-0.39, 0.29) is 0 Å². The van der Waals surface area contributed by atoms with Crippen LogP contribution in [0, 0.1) is 0 Å². The molecule has 0 saturated heterocycles. The molecule has 1 aliphatic heterocycles. The predicted octanol–water partition coefficient (Wildman–Crippen LogP) is 13.9. The highest BCUT2D eigenvalue weighted by atomic mass is 16.4. The molecular formula is C51H34N4O2. The van der Waals surface area contributed by atoms with Gasteiger partial charge in [-0.25, -0.2) is 9.97 Å². The summed E-state index contributed by atoms with van der Waals surface area (Å²) in [6.07, 6.45) is 0. The van der Waals surface area contributed by atoms with Crippen LogP contribution >= 0.6 is 0 Å². The van der Waals surface area contributed by atoms with Gasteiger partial charge in [0.15, 0.2) is 11.2 Å². The van der Waals surface area contributed by atoms with Gasteiger partial charge in [0.1, 0.15) is 11.0 Å². The van der Waals surface area contributed by atoms with E-state index in [0.29, 0.717) is 11.8 Å². The van der Waals surface area contributed by atoms with Gasteiger partial charge in [-0.2, -0.15) is 0 Å². The van der Waals surface area contributed by atoms with Gasteiger partial charge in [0.2, 0.25) is 11.8 Å². The lowest BCUT2D eigenvalue weighted by Gasteiger charge is -2.38. The second kappa shape index (κ2) is 13.3. The number of benzene rings is 8. The van der Waals surface area contributed by atoms with Crippen molar-refractivity contribution in [1.82, 2.24) is 9.97 Å². The monoisotopic (exact) mass is 734 g/mol. The molecule has 0 unspecified atom stereocenters. The fourth-order valence-corrected chi connectivity index (χ4v) is 8.02. The summed E-state index contributed by atoms with van der Waals surface area (Å²) in [5.41, 5.74) is 17.2. The molecule has 0 amide bonds. The van der Waals surface area contributed by atoms with Crippen molar-refractivity contribution >= 4 is 50.6 Å². The Hall–Kier alpha value is -7.70. The fourth-order valence-electron chi connectivity index (χ4n) is 8.02. The zero-order chi connectivity index (χ0) is 37.9. The van der Waals surface area contributed by atoms with Crippen molar-refractivity contribution in [3.63, 3.8) is 0 Å². The Morgan fingerprint density at radius 2 is 0.737 bits per heavy atom. The number of rotatable bonds is 6. The Bertz CT molecular complexity index is 2890. The molecule has 1 aliphatic rings. The summed E-state index contributed by atoms with van der Waals surface area (Å²) >= 11 is 0. The van der Waals surface area contributed by atoms with Crippen molar-refractivity contribution in [2.24, 2.45) is 0 Å². The molecular weight excluding hydrogens is 701 g/mol. The largest absolute Gasteiger partial charge is 0.436 e. The maximum absolute atomic E-state index is 6.20. The van der Waals surface area contributed by atoms with Gasteiger partial charge in [0.25, 0.3) is 0 Å². The molecule has 8 aromatic carbocycles. The Labute approximate surface area is 329 Å². The lowest BCUT2D eigenvalue weighted by Crippen LogP contribution is -2.23. The summed E-state index contributed by atoms with van der Waals surface area (Å²) in [7, 11) is 2.14. The van der Waals surface area contributed by atoms with Gasteiger partial charge < -0.3 is 18.6 Å². The molecule has 0 radical (unpaired) electrons. The summed E-state index contributed by atoms with van der Waals surface area (Å²) in [4.78, 5) is 14.2. The SMILES string of the molecule is CN1c2ccccc2N(c2cccc(-c3cc(-c4cccc(-c5nc6ccccc6o5)c4)cc(-c4cccc(-c5nc6ccccc6o5)c4)c3)c2)c2ccccc21. The molecule has 10 aromatic rings. The van der Waals surface area contributed by atoms with Gasteiger partial charge in [-0.3, -0.25) is 0 Å². The van der Waals surface area contributed by atoms with E-state index in [1.807, 2.05) is 48.5 Å². The minimum Gasteiger partial charge on any atom is -0.436 e. The Morgan fingerprint density at radius 1 is 0.351 bits per heavy atom. The van der Waals surface area contributed by atoms with Crippen LogP contribution in [0.5, 0.6) is 0 Å². The van der Waals surface area contributed by atoms with Crippen molar-refractivity contribution < 1.29 is 8.83 Å². The van der Waals surface area contributed by atoms with E-state index in [9.17, 15) is 0 Å². The Kier molecular flexibility index (Phi) is 7.60. The maximum Gasteiger partial charge on any atom is 0.227 e. The smallest absolute Gasteiger partial charge is 0.227 e. The lowest BCUT2D eigenvalue weighted by molar-refractivity contribution is 0.619. The highest BCUT2D eigenvalue weighted by molar-refractivity contribution is 5.98. The van der Waals surface area contributed by atoms with E-state index in [1.165, 1.54) is 0 Å². The van der Waals surface area contributed by atoms with Crippen LogP contribution in [0.3, 0.4) is 0 Å². The molecule has 11 rings (SSSR count). The highest BCUT2D eigenvalue weighted by Crippen LogP contribution is 2.51. The van der Waals surface area contributed by atoms with E-state index in [0.717, 1.165) is 95.1 Å². The van der Waals surface area contributed by atoms with Crippen molar-refractivity contribution in [2.75, 3.05) is 16.8 Å². The summed E-state index contributed by atoms with van der Waals surface area (Å²) in [6, 6.07) is 65.5. The molecule has 57 heavy (non-hydrogen) atoms. The van der Waals surface area contributed by atoms with Crippen molar-refractivity contribution in [3.8, 4) is 56.3 Å². The molecule has 3 heterocycles. The summed E-state index contributed by atoms with van der Waals surface area (Å²) in [5, 5.41) is 0. The van der Waals surface area contributed by atoms with Crippen molar-refractivity contribution in [3.05, 3.63) is 188 Å². The zero-order valence-electron chi connectivity index (χ0n) is 31.0. The third kappa shape index (κ3) is 5.74. The first kappa shape index (κ1) is 32.7. The minimum atomic E-state index is 0.598. The second-order valence-corrected chi connectivity index (χ2v) is 14.4. The van der Waals surface area contributed by atoms with E-state index >= 15 is 0 Å². The van der Waals surface area contributed by atoms with Gasteiger partial charge in [-0.05, 0) is 137 Å². The summed E-state index contributed by atoms with van der Waals surface area (Å²) in [5.74, 6) is 1.20. The van der Waals surface area contributed by atoms with Crippen molar-refractivity contribution in [1.29, 1.82) is 0 Å².